The molecule has 1 aromatic carbocycles. The minimum absolute atomic E-state index is 0.190. The van der Waals surface area contributed by atoms with Gasteiger partial charge in [0.2, 0.25) is 11.6 Å². The molecular formula is C22H21N3O4. The van der Waals surface area contributed by atoms with Gasteiger partial charge in [-0.2, -0.15) is 10.2 Å². The molecule has 148 valence electrons. The highest BCUT2D eigenvalue weighted by molar-refractivity contribution is 5.75. The van der Waals surface area contributed by atoms with Crippen molar-refractivity contribution in [2.75, 3.05) is 18.0 Å². The van der Waals surface area contributed by atoms with E-state index in [-0.39, 0.29) is 23.5 Å². The molecule has 4 rings (SSSR count). The Labute approximate surface area is 168 Å². The molecule has 0 saturated carbocycles. The lowest BCUT2D eigenvalue weighted by Gasteiger charge is -2.30. The first-order chi connectivity index (χ1) is 14.0. The smallest absolute Gasteiger partial charge is 0.314 e. The third kappa shape index (κ3) is 4.02. The summed E-state index contributed by atoms with van der Waals surface area (Å²) in [7, 11) is 0. The number of nitriles is 1. The zero-order valence-electron chi connectivity index (χ0n) is 16.3. The van der Waals surface area contributed by atoms with Gasteiger partial charge in [0.1, 0.15) is 11.8 Å². The summed E-state index contributed by atoms with van der Waals surface area (Å²) >= 11 is 0. The second-order valence-electron chi connectivity index (χ2n) is 7.27. The molecule has 7 nitrogen and oxygen atoms in total. The fraction of sp³-hybridized carbons (Fsp3) is 0.318. The number of oxazole rings is 1. The lowest BCUT2D eigenvalue weighted by Crippen LogP contribution is -2.37. The first-order valence-corrected chi connectivity index (χ1v) is 9.53. The first kappa shape index (κ1) is 18.8. The molecule has 0 spiro atoms. The van der Waals surface area contributed by atoms with Crippen molar-refractivity contribution in [2.45, 2.75) is 26.7 Å². The summed E-state index contributed by atoms with van der Waals surface area (Å²) in [6.45, 7) is 5.11. The minimum atomic E-state index is -0.219. The number of hydrogen-bond donors (Lipinski definition) is 0. The maximum absolute atomic E-state index is 12.6. The van der Waals surface area contributed by atoms with E-state index in [1.54, 1.807) is 12.1 Å². The molecule has 0 radical (unpaired) electrons. The van der Waals surface area contributed by atoms with Crippen LogP contribution in [0.4, 0.5) is 5.88 Å². The number of benzene rings is 1. The predicted octanol–water partition coefficient (Wildman–Crippen LogP) is 4.25. The standard InChI is InChI=1S/C22H21N3O4/c1-14-10-15(2)12-17(11-14)28-22(26)16-5-7-25(8-6-16)21-18(13-23)24-20(29-21)19-4-3-9-27-19/h3-4,9-12,16H,5-8H2,1-2H3. The number of furan rings is 1. The Bertz CT molecular complexity index is 1030. The molecule has 1 aliphatic rings. The summed E-state index contributed by atoms with van der Waals surface area (Å²) in [6.07, 6.45) is 2.76. The summed E-state index contributed by atoms with van der Waals surface area (Å²) in [5, 5.41) is 9.41. The number of hydrogen-bond acceptors (Lipinski definition) is 7. The predicted molar refractivity (Wildman–Crippen MR) is 105 cm³/mol. The summed E-state index contributed by atoms with van der Waals surface area (Å²) in [5.41, 5.74) is 2.33. The molecule has 0 atom stereocenters. The van der Waals surface area contributed by atoms with Crippen LogP contribution in [0.5, 0.6) is 5.75 Å². The topological polar surface area (TPSA) is 92.5 Å². The van der Waals surface area contributed by atoms with Crippen LogP contribution < -0.4 is 9.64 Å². The minimum Gasteiger partial charge on any atom is -0.459 e. The molecule has 0 bridgehead atoms. The maximum atomic E-state index is 12.6. The van der Waals surface area contributed by atoms with E-state index in [1.807, 2.05) is 36.9 Å². The van der Waals surface area contributed by atoms with Crippen LogP contribution in [0.3, 0.4) is 0 Å². The maximum Gasteiger partial charge on any atom is 0.314 e. The largest absolute Gasteiger partial charge is 0.459 e. The number of rotatable bonds is 4. The summed E-state index contributed by atoms with van der Waals surface area (Å²) in [4.78, 5) is 18.7. The molecule has 1 fully saturated rings. The van der Waals surface area contributed by atoms with Crippen LogP contribution in [0, 0.1) is 31.1 Å². The van der Waals surface area contributed by atoms with E-state index in [0.29, 0.717) is 43.3 Å². The van der Waals surface area contributed by atoms with Gasteiger partial charge in [0.05, 0.1) is 12.2 Å². The molecule has 1 aliphatic heterocycles. The zero-order chi connectivity index (χ0) is 20.4. The SMILES string of the molecule is Cc1cc(C)cc(OC(=O)C2CCN(c3oc(-c4ccco4)nc3C#N)CC2)c1. The van der Waals surface area contributed by atoms with E-state index in [4.69, 9.17) is 13.6 Å². The number of ether oxygens (including phenoxy) is 1. The molecule has 3 heterocycles. The lowest BCUT2D eigenvalue weighted by molar-refractivity contribution is -0.139. The Kier molecular flexibility index (Phi) is 5.09. The van der Waals surface area contributed by atoms with Crippen LogP contribution in [0.25, 0.3) is 11.7 Å². The number of anilines is 1. The summed E-state index contributed by atoms with van der Waals surface area (Å²) < 4.78 is 16.7. The molecule has 0 aliphatic carbocycles. The number of carbonyl (C=O) groups excluding carboxylic acids is 1. The van der Waals surface area contributed by atoms with Gasteiger partial charge in [0, 0.05) is 13.1 Å². The third-order valence-corrected chi connectivity index (χ3v) is 4.98. The number of nitrogens with zero attached hydrogens (tertiary/aromatic N) is 3. The van der Waals surface area contributed by atoms with Gasteiger partial charge in [0.25, 0.3) is 5.89 Å². The molecule has 29 heavy (non-hydrogen) atoms. The lowest BCUT2D eigenvalue weighted by atomic mass is 9.97. The number of aryl methyl sites for hydroxylation is 2. The van der Waals surface area contributed by atoms with Gasteiger partial charge in [-0.3, -0.25) is 4.79 Å². The molecular weight excluding hydrogens is 370 g/mol. The fourth-order valence-corrected chi connectivity index (χ4v) is 3.61. The highest BCUT2D eigenvalue weighted by atomic mass is 16.5. The van der Waals surface area contributed by atoms with Crippen molar-refractivity contribution in [3.63, 3.8) is 0 Å². The Morgan fingerprint density at radius 3 is 2.59 bits per heavy atom. The number of aromatic nitrogens is 1. The highest BCUT2D eigenvalue weighted by Gasteiger charge is 2.30. The highest BCUT2D eigenvalue weighted by Crippen LogP contribution is 2.31. The van der Waals surface area contributed by atoms with Gasteiger partial charge >= 0.3 is 5.97 Å². The number of carbonyl (C=O) groups is 1. The number of piperidine rings is 1. The Hall–Kier alpha value is -3.53. The molecule has 0 amide bonds. The first-order valence-electron chi connectivity index (χ1n) is 9.53. The van der Waals surface area contributed by atoms with Crippen LogP contribution in [0.1, 0.15) is 29.7 Å². The quantitative estimate of drug-likeness (QED) is 0.485. The molecule has 7 heteroatoms. The monoisotopic (exact) mass is 391 g/mol. The van der Waals surface area contributed by atoms with E-state index in [2.05, 4.69) is 11.1 Å². The van der Waals surface area contributed by atoms with Crippen LogP contribution in [-0.2, 0) is 4.79 Å². The van der Waals surface area contributed by atoms with Crippen molar-refractivity contribution < 1.29 is 18.4 Å². The normalized spacial score (nSPS) is 14.6. The van der Waals surface area contributed by atoms with Crippen LogP contribution in [0.15, 0.2) is 45.4 Å². The van der Waals surface area contributed by atoms with Crippen molar-refractivity contribution in [3.8, 4) is 23.5 Å². The van der Waals surface area contributed by atoms with Gasteiger partial charge in [-0.05, 0) is 62.1 Å². The van der Waals surface area contributed by atoms with Gasteiger partial charge in [-0.1, -0.05) is 6.07 Å². The molecule has 0 unspecified atom stereocenters. The van der Waals surface area contributed by atoms with Crippen LogP contribution in [-0.4, -0.2) is 24.0 Å². The van der Waals surface area contributed by atoms with Crippen molar-refractivity contribution in [1.29, 1.82) is 5.26 Å². The average molecular weight is 391 g/mol. The van der Waals surface area contributed by atoms with Gasteiger partial charge in [-0.15, -0.1) is 0 Å². The van der Waals surface area contributed by atoms with Crippen molar-refractivity contribution in [1.82, 2.24) is 4.98 Å². The number of esters is 1. The Balaban J connectivity index is 1.42. The molecule has 0 N–H and O–H groups in total. The third-order valence-electron chi connectivity index (χ3n) is 4.98. The van der Waals surface area contributed by atoms with E-state index < -0.39 is 0 Å². The fourth-order valence-electron chi connectivity index (χ4n) is 3.61. The Morgan fingerprint density at radius 1 is 1.24 bits per heavy atom. The van der Waals surface area contributed by atoms with Crippen molar-refractivity contribution in [3.05, 3.63) is 53.4 Å². The van der Waals surface area contributed by atoms with Gasteiger partial charge in [0.15, 0.2) is 5.76 Å². The molecule has 1 saturated heterocycles. The van der Waals surface area contributed by atoms with Gasteiger partial charge < -0.3 is 18.5 Å². The van der Waals surface area contributed by atoms with Gasteiger partial charge in [-0.25, -0.2) is 0 Å². The van der Waals surface area contributed by atoms with E-state index >= 15 is 0 Å². The molecule has 3 aromatic rings. The second kappa shape index (κ2) is 7.84. The van der Waals surface area contributed by atoms with E-state index in [9.17, 15) is 10.1 Å². The van der Waals surface area contributed by atoms with E-state index in [0.717, 1.165) is 11.1 Å². The van der Waals surface area contributed by atoms with Crippen LogP contribution in [0.2, 0.25) is 0 Å². The summed E-state index contributed by atoms with van der Waals surface area (Å²) in [5.74, 6) is 1.34. The second-order valence-corrected chi connectivity index (χ2v) is 7.27. The van der Waals surface area contributed by atoms with Crippen molar-refractivity contribution in [2.24, 2.45) is 5.92 Å². The van der Waals surface area contributed by atoms with Crippen molar-refractivity contribution >= 4 is 11.9 Å². The molecule has 2 aromatic heterocycles. The van der Waals surface area contributed by atoms with E-state index in [1.165, 1.54) is 6.26 Å². The van der Waals surface area contributed by atoms with Crippen LogP contribution >= 0.6 is 0 Å². The zero-order valence-corrected chi connectivity index (χ0v) is 16.3. The average Bonchev–Trinajstić information content (AvgIpc) is 3.37. The summed E-state index contributed by atoms with van der Waals surface area (Å²) in [6, 6.07) is 11.3. The Morgan fingerprint density at radius 2 is 1.97 bits per heavy atom.